The molecule has 0 aromatic heterocycles. The first-order valence-corrected chi connectivity index (χ1v) is 7.84. The minimum atomic E-state index is 0.310. The third kappa shape index (κ3) is 2.59. The van der Waals surface area contributed by atoms with Gasteiger partial charge in [0.1, 0.15) is 0 Å². The molecule has 3 nitrogen and oxygen atoms in total. The van der Waals surface area contributed by atoms with Crippen LogP contribution in [0.25, 0.3) is 0 Å². The maximum atomic E-state index is 3.64. The average molecular weight is 253 g/mol. The molecule has 3 unspecified atom stereocenters. The summed E-state index contributed by atoms with van der Waals surface area (Å²) in [4.78, 5) is 5.46. The Morgan fingerprint density at radius 2 is 2.06 bits per heavy atom. The van der Waals surface area contributed by atoms with Gasteiger partial charge in [0.25, 0.3) is 0 Å². The average Bonchev–Trinajstić information content (AvgIpc) is 2.85. The fraction of sp³-hybridized carbons (Fsp3) is 1.00. The molecule has 0 aromatic carbocycles. The molecule has 0 saturated carbocycles. The minimum absolute atomic E-state index is 0.310. The molecular weight excluding hydrogens is 222 g/mol. The van der Waals surface area contributed by atoms with E-state index in [0.29, 0.717) is 11.6 Å². The molecule has 0 amide bonds. The SMILES string of the molecule is CCNC(C)C(C)(CC)N1CCN2CCCC2C1. The van der Waals surface area contributed by atoms with Crippen molar-refractivity contribution in [2.75, 3.05) is 32.7 Å². The van der Waals surface area contributed by atoms with Crippen LogP contribution in [0.1, 0.15) is 47.0 Å². The summed E-state index contributed by atoms with van der Waals surface area (Å²) in [5.41, 5.74) is 0.310. The number of nitrogens with zero attached hydrogens (tertiary/aromatic N) is 2. The van der Waals surface area contributed by atoms with E-state index in [0.717, 1.165) is 12.6 Å². The van der Waals surface area contributed by atoms with Crippen LogP contribution >= 0.6 is 0 Å². The molecular formula is C15H31N3. The Hall–Kier alpha value is -0.120. The molecule has 2 aliphatic heterocycles. The highest BCUT2D eigenvalue weighted by Crippen LogP contribution is 2.30. The van der Waals surface area contributed by atoms with E-state index in [4.69, 9.17) is 0 Å². The Balaban J connectivity index is 2.03. The molecule has 2 rings (SSSR count). The molecule has 0 spiro atoms. The Morgan fingerprint density at radius 3 is 2.72 bits per heavy atom. The highest BCUT2D eigenvalue weighted by molar-refractivity contribution is 4.99. The fourth-order valence-electron chi connectivity index (χ4n) is 3.78. The highest BCUT2D eigenvalue weighted by atomic mass is 15.3. The van der Waals surface area contributed by atoms with Crippen molar-refractivity contribution in [3.05, 3.63) is 0 Å². The Labute approximate surface area is 113 Å². The summed E-state index contributed by atoms with van der Waals surface area (Å²) in [7, 11) is 0. The van der Waals surface area contributed by atoms with Gasteiger partial charge in [-0.2, -0.15) is 0 Å². The van der Waals surface area contributed by atoms with Gasteiger partial charge in [-0.1, -0.05) is 13.8 Å². The second-order valence-corrected chi connectivity index (χ2v) is 6.27. The summed E-state index contributed by atoms with van der Waals surface area (Å²) >= 11 is 0. The van der Waals surface area contributed by atoms with Gasteiger partial charge in [-0.05, 0) is 46.2 Å². The van der Waals surface area contributed by atoms with E-state index >= 15 is 0 Å². The fourth-order valence-corrected chi connectivity index (χ4v) is 3.78. The molecule has 0 bridgehead atoms. The van der Waals surface area contributed by atoms with Crippen LogP contribution in [-0.2, 0) is 0 Å². The first-order chi connectivity index (χ1) is 8.61. The van der Waals surface area contributed by atoms with Gasteiger partial charge in [-0.15, -0.1) is 0 Å². The van der Waals surface area contributed by atoms with Crippen molar-refractivity contribution >= 4 is 0 Å². The number of hydrogen-bond donors (Lipinski definition) is 1. The standard InChI is InChI=1S/C15H31N3/c1-5-15(4,13(3)16-6-2)18-11-10-17-9-7-8-14(17)12-18/h13-14,16H,5-12H2,1-4H3. The summed E-state index contributed by atoms with van der Waals surface area (Å²) in [6.45, 7) is 15.6. The smallest absolute Gasteiger partial charge is 0.0330 e. The minimum Gasteiger partial charge on any atom is -0.313 e. The number of piperazine rings is 1. The zero-order valence-corrected chi connectivity index (χ0v) is 12.7. The largest absolute Gasteiger partial charge is 0.313 e. The number of hydrogen-bond acceptors (Lipinski definition) is 3. The van der Waals surface area contributed by atoms with Crippen molar-refractivity contribution in [2.24, 2.45) is 0 Å². The zero-order valence-electron chi connectivity index (χ0n) is 12.7. The molecule has 0 aromatic rings. The highest BCUT2D eigenvalue weighted by Gasteiger charge is 2.40. The van der Waals surface area contributed by atoms with E-state index in [-0.39, 0.29) is 0 Å². The Bertz CT molecular complexity index is 268. The number of rotatable bonds is 5. The summed E-state index contributed by atoms with van der Waals surface area (Å²) in [6.07, 6.45) is 4.05. The van der Waals surface area contributed by atoms with E-state index in [1.807, 2.05) is 0 Å². The van der Waals surface area contributed by atoms with Crippen LogP contribution in [0.5, 0.6) is 0 Å². The van der Waals surface area contributed by atoms with Crippen molar-refractivity contribution < 1.29 is 0 Å². The third-order valence-corrected chi connectivity index (χ3v) is 5.47. The summed E-state index contributed by atoms with van der Waals surface area (Å²) in [6, 6.07) is 1.40. The van der Waals surface area contributed by atoms with E-state index < -0.39 is 0 Å². The molecule has 0 radical (unpaired) electrons. The second kappa shape index (κ2) is 5.89. The first kappa shape index (κ1) is 14.3. The lowest BCUT2D eigenvalue weighted by Gasteiger charge is -2.50. The van der Waals surface area contributed by atoms with Gasteiger partial charge in [0.05, 0.1) is 0 Å². The topological polar surface area (TPSA) is 18.5 Å². The molecule has 3 heteroatoms. The van der Waals surface area contributed by atoms with Gasteiger partial charge in [-0.25, -0.2) is 0 Å². The quantitative estimate of drug-likeness (QED) is 0.808. The number of nitrogens with one attached hydrogen (secondary N) is 1. The maximum Gasteiger partial charge on any atom is 0.0330 e. The maximum absolute atomic E-state index is 3.64. The van der Waals surface area contributed by atoms with E-state index in [1.165, 1.54) is 45.4 Å². The Kier molecular flexibility index (Phi) is 4.68. The molecule has 2 heterocycles. The van der Waals surface area contributed by atoms with Gasteiger partial charge in [0.2, 0.25) is 0 Å². The molecule has 0 aliphatic carbocycles. The van der Waals surface area contributed by atoms with Crippen LogP contribution in [0.3, 0.4) is 0 Å². The second-order valence-electron chi connectivity index (χ2n) is 6.27. The molecule has 106 valence electrons. The molecule has 3 atom stereocenters. The molecule has 1 N–H and O–H groups in total. The summed E-state index contributed by atoms with van der Waals surface area (Å²) < 4.78 is 0. The Morgan fingerprint density at radius 1 is 1.28 bits per heavy atom. The summed E-state index contributed by atoms with van der Waals surface area (Å²) in [5.74, 6) is 0. The van der Waals surface area contributed by atoms with Crippen LogP contribution in [0.2, 0.25) is 0 Å². The van der Waals surface area contributed by atoms with Crippen molar-refractivity contribution in [3.63, 3.8) is 0 Å². The van der Waals surface area contributed by atoms with Crippen LogP contribution in [0.4, 0.5) is 0 Å². The van der Waals surface area contributed by atoms with Gasteiger partial charge in [-0.3, -0.25) is 9.80 Å². The molecule has 18 heavy (non-hydrogen) atoms. The van der Waals surface area contributed by atoms with Crippen LogP contribution in [0, 0.1) is 0 Å². The van der Waals surface area contributed by atoms with Gasteiger partial charge in [0.15, 0.2) is 0 Å². The number of likely N-dealkylation sites (N-methyl/N-ethyl adjacent to an activating group) is 1. The van der Waals surface area contributed by atoms with E-state index in [2.05, 4.69) is 42.8 Å². The van der Waals surface area contributed by atoms with Gasteiger partial charge >= 0.3 is 0 Å². The predicted molar refractivity (Wildman–Crippen MR) is 78.0 cm³/mol. The van der Waals surface area contributed by atoms with Crippen molar-refractivity contribution in [3.8, 4) is 0 Å². The van der Waals surface area contributed by atoms with Crippen LogP contribution in [-0.4, -0.2) is 60.1 Å². The lowest BCUT2D eigenvalue weighted by molar-refractivity contribution is 0.00333. The predicted octanol–water partition coefficient (Wildman–Crippen LogP) is 1.93. The lowest BCUT2D eigenvalue weighted by Crippen LogP contribution is -2.64. The molecule has 2 fully saturated rings. The summed E-state index contributed by atoms with van der Waals surface area (Å²) in [5, 5.41) is 3.64. The van der Waals surface area contributed by atoms with Crippen molar-refractivity contribution in [1.82, 2.24) is 15.1 Å². The molecule has 2 saturated heterocycles. The van der Waals surface area contributed by atoms with Gasteiger partial charge in [0, 0.05) is 37.3 Å². The monoisotopic (exact) mass is 253 g/mol. The number of fused-ring (bicyclic) bond motifs is 1. The van der Waals surface area contributed by atoms with Crippen LogP contribution < -0.4 is 5.32 Å². The lowest BCUT2D eigenvalue weighted by atomic mass is 9.87. The molecule has 2 aliphatic rings. The van der Waals surface area contributed by atoms with Crippen molar-refractivity contribution in [2.45, 2.75) is 64.6 Å². The zero-order chi connectivity index (χ0) is 13.2. The van der Waals surface area contributed by atoms with E-state index in [1.54, 1.807) is 0 Å². The van der Waals surface area contributed by atoms with Crippen molar-refractivity contribution in [1.29, 1.82) is 0 Å². The first-order valence-electron chi connectivity index (χ1n) is 7.84. The third-order valence-electron chi connectivity index (χ3n) is 5.47. The normalized spacial score (nSPS) is 31.0. The van der Waals surface area contributed by atoms with Gasteiger partial charge < -0.3 is 5.32 Å². The van der Waals surface area contributed by atoms with Crippen LogP contribution in [0.15, 0.2) is 0 Å². The van der Waals surface area contributed by atoms with E-state index in [9.17, 15) is 0 Å².